The molecule has 1 aliphatic rings. The second kappa shape index (κ2) is 5.97. The lowest BCUT2D eigenvalue weighted by molar-refractivity contribution is 0.380. The van der Waals surface area contributed by atoms with Gasteiger partial charge in [0.1, 0.15) is 11.9 Å². The molecule has 0 aromatic heterocycles. The van der Waals surface area contributed by atoms with Crippen LogP contribution in [0.25, 0.3) is 0 Å². The first-order valence-electron chi connectivity index (χ1n) is 6.62. The van der Waals surface area contributed by atoms with Crippen molar-refractivity contribution in [3.05, 3.63) is 35.1 Å². The summed E-state index contributed by atoms with van der Waals surface area (Å²) < 4.78 is 13.2. The van der Waals surface area contributed by atoms with Crippen molar-refractivity contribution < 1.29 is 4.39 Å². The Kier molecular flexibility index (Phi) is 4.33. The van der Waals surface area contributed by atoms with E-state index >= 15 is 0 Å². The van der Waals surface area contributed by atoms with Crippen molar-refractivity contribution in [3.63, 3.8) is 0 Å². The minimum atomic E-state index is -0.440. The van der Waals surface area contributed by atoms with Gasteiger partial charge >= 0.3 is 0 Å². The number of halogens is 1. The van der Waals surface area contributed by atoms with Gasteiger partial charge in [0.15, 0.2) is 0 Å². The predicted molar refractivity (Wildman–Crippen MR) is 69.4 cm³/mol. The highest BCUT2D eigenvalue weighted by atomic mass is 19.1. The van der Waals surface area contributed by atoms with E-state index in [1.807, 2.05) is 6.07 Å². The van der Waals surface area contributed by atoms with Gasteiger partial charge in [-0.05, 0) is 43.4 Å². The van der Waals surface area contributed by atoms with Crippen LogP contribution in [0, 0.1) is 23.1 Å². The fraction of sp³-hybridized carbons (Fsp3) is 0.533. The van der Waals surface area contributed by atoms with E-state index in [2.05, 4.69) is 12.2 Å². The summed E-state index contributed by atoms with van der Waals surface area (Å²) in [5.41, 5.74) is 1.10. The Balaban J connectivity index is 1.91. The number of nitriles is 1. The molecule has 0 radical (unpaired) electrons. The van der Waals surface area contributed by atoms with E-state index in [0.717, 1.165) is 11.5 Å². The number of rotatable bonds is 4. The van der Waals surface area contributed by atoms with E-state index in [-0.39, 0.29) is 5.56 Å². The maximum Gasteiger partial charge on any atom is 0.140 e. The molecule has 0 amide bonds. The first kappa shape index (κ1) is 13.0. The molecular weight excluding hydrogens is 227 g/mol. The van der Waals surface area contributed by atoms with E-state index in [4.69, 9.17) is 5.26 Å². The first-order chi connectivity index (χ1) is 8.70. The van der Waals surface area contributed by atoms with Crippen LogP contribution in [0.15, 0.2) is 18.2 Å². The molecule has 1 aromatic rings. The fourth-order valence-corrected chi connectivity index (χ4v) is 2.67. The lowest BCUT2D eigenvalue weighted by atomic mass is 9.99. The maximum absolute atomic E-state index is 13.2. The molecule has 2 nitrogen and oxygen atoms in total. The summed E-state index contributed by atoms with van der Waals surface area (Å²) in [6, 6.07) is 7.10. The molecule has 18 heavy (non-hydrogen) atoms. The Morgan fingerprint density at radius 1 is 1.44 bits per heavy atom. The largest absolute Gasteiger partial charge is 0.310 e. The standard InChI is InChI=1S/C15H19FN2/c1-11(13-4-2-3-5-13)18-10-12-6-7-15(16)14(8-12)9-17/h6-8,11,13,18H,2-5,10H2,1H3. The van der Waals surface area contributed by atoms with E-state index in [1.54, 1.807) is 12.1 Å². The molecule has 1 aromatic carbocycles. The summed E-state index contributed by atoms with van der Waals surface area (Å²) in [5.74, 6) is 0.325. The van der Waals surface area contributed by atoms with E-state index in [1.165, 1.54) is 31.7 Å². The molecule has 0 spiro atoms. The topological polar surface area (TPSA) is 35.8 Å². The third-order valence-electron chi connectivity index (χ3n) is 3.89. The Morgan fingerprint density at radius 3 is 2.83 bits per heavy atom. The van der Waals surface area contributed by atoms with Gasteiger partial charge in [-0.3, -0.25) is 0 Å². The lowest BCUT2D eigenvalue weighted by Crippen LogP contribution is -2.31. The molecule has 1 unspecified atom stereocenters. The zero-order chi connectivity index (χ0) is 13.0. The zero-order valence-corrected chi connectivity index (χ0v) is 10.7. The van der Waals surface area contributed by atoms with Gasteiger partial charge in [0, 0.05) is 12.6 Å². The van der Waals surface area contributed by atoms with Crippen LogP contribution in [0.4, 0.5) is 4.39 Å². The molecule has 0 heterocycles. The van der Waals surface area contributed by atoms with Crippen molar-refractivity contribution in [1.82, 2.24) is 5.32 Å². The monoisotopic (exact) mass is 246 g/mol. The van der Waals surface area contributed by atoms with Crippen LogP contribution in [0.3, 0.4) is 0 Å². The van der Waals surface area contributed by atoms with Crippen molar-refractivity contribution >= 4 is 0 Å². The molecule has 1 atom stereocenters. The average molecular weight is 246 g/mol. The summed E-state index contributed by atoms with van der Waals surface area (Å²) in [4.78, 5) is 0. The number of hydrogen-bond acceptors (Lipinski definition) is 2. The van der Waals surface area contributed by atoms with Crippen molar-refractivity contribution in [3.8, 4) is 6.07 Å². The molecule has 96 valence electrons. The smallest absolute Gasteiger partial charge is 0.140 e. The van der Waals surface area contributed by atoms with Crippen LogP contribution in [-0.2, 0) is 6.54 Å². The van der Waals surface area contributed by atoms with E-state index in [9.17, 15) is 4.39 Å². The Labute approximate surface area is 108 Å². The van der Waals surface area contributed by atoms with Gasteiger partial charge in [-0.25, -0.2) is 4.39 Å². The van der Waals surface area contributed by atoms with Gasteiger partial charge in [-0.2, -0.15) is 5.26 Å². The average Bonchev–Trinajstić information content (AvgIpc) is 2.91. The summed E-state index contributed by atoms with van der Waals surface area (Å²) in [6.45, 7) is 2.91. The minimum Gasteiger partial charge on any atom is -0.310 e. The van der Waals surface area contributed by atoms with E-state index < -0.39 is 5.82 Å². The van der Waals surface area contributed by atoms with Gasteiger partial charge in [-0.15, -0.1) is 0 Å². The van der Waals surface area contributed by atoms with Crippen LogP contribution >= 0.6 is 0 Å². The highest BCUT2D eigenvalue weighted by Crippen LogP contribution is 2.27. The Hall–Kier alpha value is -1.40. The number of nitrogens with zero attached hydrogens (tertiary/aromatic N) is 1. The fourth-order valence-electron chi connectivity index (χ4n) is 2.67. The van der Waals surface area contributed by atoms with Crippen LogP contribution < -0.4 is 5.32 Å². The molecule has 2 rings (SSSR count). The highest BCUT2D eigenvalue weighted by molar-refractivity contribution is 5.34. The van der Waals surface area contributed by atoms with Gasteiger partial charge in [0.05, 0.1) is 5.56 Å². The number of nitrogens with one attached hydrogen (secondary N) is 1. The first-order valence-corrected chi connectivity index (χ1v) is 6.62. The molecular formula is C15H19FN2. The molecule has 1 aliphatic carbocycles. The summed E-state index contributed by atoms with van der Waals surface area (Å²) >= 11 is 0. The van der Waals surface area contributed by atoms with Gasteiger partial charge < -0.3 is 5.32 Å². The van der Waals surface area contributed by atoms with Crippen LogP contribution in [0.1, 0.15) is 43.7 Å². The molecule has 1 N–H and O–H groups in total. The van der Waals surface area contributed by atoms with Crippen molar-refractivity contribution in [2.45, 2.75) is 45.2 Å². The second-order valence-electron chi connectivity index (χ2n) is 5.14. The van der Waals surface area contributed by atoms with Crippen LogP contribution in [0.5, 0.6) is 0 Å². The summed E-state index contributed by atoms with van der Waals surface area (Å²) in [5, 5.41) is 12.3. The molecule has 0 bridgehead atoms. The third kappa shape index (κ3) is 3.08. The van der Waals surface area contributed by atoms with Crippen LogP contribution in [0.2, 0.25) is 0 Å². The summed E-state index contributed by atoms with van der Waals surface area (Å²) in [6.07, 6.45) is 5.29. The molecule has 0 aliphatic heterocycles. The Morgan fingerprint density at radius 2 is 2.17 bits per heavy atom. The SMILES string of the molecule is CC(NCc1ccc(F)c(C#N)c1)C1CCCC1. The minimum absolute atomic E-state index is 0.128. The molecule has 3 heteroatoms. The van der Waals surface area contributed by atoms with Gasteiger partial charge in [-0.1, -0.05) is 18.9 Å². The van der Waals surface area contributed by atoms with Gasteiger partial charge in [0.25, 0.3) is 0 Å². The van der Waals surface area contributed by atoms with Crippen molar-refractivity contribution in [2.75, 3.05) is 0 Å². The van der Waals surface area contributed by atoms with Gasteiger partial charge in [0.2, 0.25) is 0 Å². The predicted octanol–water partition coefficient (Wildman–Crippen LogP) is 3.37. The van der Waals surface area contributed by atoms with E-state index in [0.29, 0.717) is 12.6 Å². The quantitative estimate of drug-likeness (QED) is 0.884. The number of hydrogen-bond donors (Lipinski definition) is 1. The normalized spacial score (nSPS) is 17.6. The lowest BCUT2D eigenvalue weighted by Gasteiger charge is -2.20. The molecule has 1 fully saturated rings. The van der Waals surface area contributed by atoms with Crippen molar-refractivity contribution in [2.24, 2.45) is 5.92 Å². The highest BCUT2D eigenvalue weighted by Gasteiger charge is 2.20. The Bertz CT molecular complexity index is 444. The summed E-state index contributed by atoms with van der Waals surface area (Å²) in [7, 11) is 0. The van der Waals surface area contributed by atoms with Crippen molar-refractivity contribution in [1.29, 1.82) is 5.26 Å². The maximum atomic E-state index is 13.2. The second-order valence-corrected chi connectivity index (χ2v) is 5.14. The molecule has 0 saturated heterocycles. The van der Waals surface area contributed by atoms with Crippen LogP contribution in [-0.4, -0.2) is 6.04 Å². The third-order valence-corrected chi connectivity index (χ3v) is 3.89. The zero-order valence-electron chi connectivity index (χ0n) is 10.7. The molecule has 1 saturated carbocycles. The number of benzene rings is 1.